The van der Waals surface area contributed by atoms with E-state index in [9.17, 15) is 12.3 Å². The second kappa shape index (κ2) is 5.51. The van der Waals surface area contributed by atoms with E-state index in [1.54, 1.807) is 6.92 Å². The van der Waals surface area contributed by atoms with Crippen LogP contribution in [0.5, 0.6) is 0 Å². The summed E-state index contributed by atoms with van der Waals surface area (Å²) >= 11 is 0. The lowest BCUT2D eigenvalue weighted by Crippen LogP contribution is -2.23. The van der Waals surface area contributed by atoms with Crippen LogP contribution in [0.25, 0.3) is 0 Å². The smallest absolute Gasteiger partial charge is 0.329 e. The standard InChI is InChI=1S/C7H15FO4S/c1-4-11-6(2)5-12-7(3)13(8,9)10/h6-7H,4-5H2,1-3H3. The Bertz CT molecular complexity index is 227. The van der Waals surface area contributed by atoms with Crippen LogP contribution in [-0.2, 0) is 19.7 Å². The van der Waals surface area contributed by atoms with Crippen molar-refractivity contribution in [2.75, 3.05) is 13.2 Å². The summed E-state index contributed by atoms with van der Waals surface area (Å²) in [6, 6.07) is 0. The lowest BCUT2D eigenvalue weighted by molar-refractivity contribution is -0.00845. The molecule has 0 heterocycles. The fourth-order valence-corrected chi connectivity index (χ4v) is 0.926. The largest absolute Gasteiger partial charge is 0.376 e. The Morgan fingerprint density at radius 3 is 2.23 bits per heavy atom. The van der Waals surface area contributed by atoms with Crippen molar-refractivity contribution in [3.63, 3.8) is 0 Å². The van der Waals surface area contributed by atoms with Crippen LogP contribution in [-0.4, -0.2) is 33.2 Å². The van der Waals surface area contributed by atoms with Crippen LogP contribution in [0.1, 0.15) is 20.8 Å². The molecular weight excluding hydrogens is 199 g/mol. The summed E-state index contributed by atoms with van der Waals surface area (Å²) in [6.07, 6.45) is -0.228. The van der Waals surface area contributed by atoms with E-state index in [4.69, 9.17) is 9.47 Å². The molecule has 6 heteroatoms. The number of ether oxygens (including phenoxy) is 2. The lowest BCUT2D eigenvalue weighted by Gasteiger charge is -2.14. The Morgan fingerprint density at radius 1 is 1.31 bits per heavy atom. The zero-order valence-corrected chi connectivity index (χ0v) is 8.80. The van der Waals surface area contributed by atoms with E-state index in [1.165, 1.54) is 0 Å². The molecule has 4 nitrogen and oxygen atoms in total. The van der Waals surface area contributed by atoms with Crippen LogP contribution >= 0.6 is 0 Å². The molecule has 0 N–H and O–H groups in total. The number of halogens is 1. The molecule has 2 unspecified atom stereocenters. The van der Waals surface area contributed by atoms with Gasteiger partial charge in [0.05, 0.1) is 12.7 Å². The molecular formula is C7H15FO4S. The Kier molecular flexibility index (Phi) is 5.43. The highest BCUT2D eigenvalue weighted by atomic mass is 32.3. The molecule has 0 aromatic rings. The summed E-state index contributed by atoms with van der Waals surface area (Å²) in [5.74, 6) is 0. The minimum atomic E-state index is -4.59. The molecule has 0 saturated heterocycles. The molecule has 0 aliphatic rings. The Hall–Kier alpha value is -0.200. The van der Waals surface area contributed by atoms with Gasteiger partial charge in [-0.1, -0.05) is 0 Å². The van der Waals surface area contributed by atoms with Crippen LogP contribution in [0.4, 0.5) is 3.89 Å². The van der Waals surface area contributed by atoms with Crippen LogP contribution < -0.4 is 0 Å². The van der Waals surface area contributed by atoms with E-state index in [1.807, 2.05) is 6.92 Å². The third-order valence-electron chi connectivity index (χ3n) is 1.41. The molecule has 0 bridgehead atoms. The average Bonchev–Trinajstić information content (AvgIpc) is 1.99. The topological polar surface area (TPSA) is 52.6 Å². The highest BCUT2D eigenvalue weighted by molar-refractivity contribution is 7.86. The fourth-order valence-electron chi connectivity index (χ4n) is 0.685. The molecule has 0 aromatic carbocycles. The van der Waals surface area contributed by atoms with Crippen LogP contribution in [0, 0.1) is 0 Å². The first-order chi connectivity index (χ1) is 5.88. The minimum Gasteiger partial charge on any atom is -0.376 e. The van der Waals surface area contributed by atoms with Crippen LogP contribution in [0.15, 0.2) is 0 Å². The monoisotopic (exact) mass is 214 g/mol. The predicted octanol–water partition coefficient (Wildman–Crippen LogP) is 1.07. The molecule has 0 spiro atoms. The Morgan fingerprint density at radius 2 is 1.85 bits per heavy atom. The molecule has 0 aliphatic heterocycles. The van der Waals surface area contributed by atoms with Gasteiger partial charge in [-0.2, -0.15) is 8.42 Å². The second-order valence-corrected chi connectivity index (χ2v) is 4.26. The SMILES string of the molecule is CCOC(C)COC(C)S(=O)(=O)F. The maximum atomic E-state index is 12.2. The van der Waals surface area contributed by atoms with E-state index < -0.39 is 15.7 Å². The minimum absolute atomic E-state index is 0.0676. The van der Waals surface area contributed by atoms with Gasteiger partial charge in [-0.25, -0.2) is 0 Å². The number of hydrogen-bond acceptors (Lipinski definition) is 4. The van der Waals surface area contributed by atoms with Gasteiger partial charge in [0.25, 0.3) is 0 Å². The molecule has 0 radical (unpaired) electrons. The van der Waals surface area contributed by atoms with Gasteiger partial charge in [-0.3, -0.25) is 0 Å². The van der Waals surface area contributed by atoms with Crippen molar-refractivity contribution < 1.29 is 21.8 Å². The molecule has 0 aromatic heterocycles. The summed E-state index contributed by atoms with van der Waals surface area (Å²) in [6.45, 7) is 5.26. The van der Waals surface area contributed by atoms with Gasteiger partial charge in [0.2, 0.25) is 0 Å². The van der Waals surface area contributed by atoms with Gasteiger partial charge in [-0.15, -0.1) is 3.89 Å². The van der Waals surface area contributed by atoms with E-state index >= 15 is 0 Å². The van der Waals surface area contributed by atoms with Crippen molar-refractivity contribution in [3.05, 3.63) is 0 Å². The van der Waals surface area contributed by atoms with E-state index in [-0.39, 0.29) is 12.7 Å². The van der Waals surface area contributed by atoms with Crippen LogP contribution in [0.3, 0.4) is 0 Å². The van der Waals surface area contributed by atoms with Crippen LogP contribution in [0.2, 0.25) is 0 Å². The van der Waals surface area contributed by atoms with Gasteiger partial charge in [0.1, 0.15) is 0 Å². The van der Waals surface area contributed by atoms with E-state index in [0.29, 0.717) is 6.61 Å². The molecule has 80 valence electrons. The predicted molar refractivity (Wildman–Crippen MR) is 46.5 cm³/mol. The zero-order valence-electron chi connectivity index (χ0n) is 7.99. The summed E-state index contributed by atoms with van der Waals surface area (Å²) < 4.78 is 42.6. The maximum Gasteiger partial charge on any atom is 0.329 e. The quantitative estimate of drug-likeness (QED) is 0.621. The first-order valence-electron chi connectivity index (χ1n) is 4.04. The van der Waals surface area contributed by atoms with Crippen molar-refractivity contribution in [1.29, 1.82) is 0 Å². The first kappa shape index (κ1) is 12.8. The average molecular weight is 214 g/mol. The normalized spacial score (nSPS) is 16.9. The molecule has 0 amide bonds. The highest BCUT2D eigenvalue weighted by Crippen LogP contribution is 2.05. The van der Waals surface area contributed by atoms with Crippen molar-refractivity contribution in [2.24, 2.45) is 0 Å². The van der Waals surface area contributed by atoms with Crippen molar-refractivity contribution in [1.82, 2.24) is 0 Å². The van der Waals surface area contributed by atoms with Gasteiger partial charge in [0, 0.05) is 6.61 Å². The number of hydrogen-bond donors (Lipinski definition) is 0. The second-order valence-electron chi connectivity index (χ2n) is 2.64. The highest BCUT2D eigenvalue weighted by Gasteiger charge is 2.20. The maximum absolute atomic E-state index is 12.2. The molecule has 13 heavy (non-hydrogen) atoms. The molecule has 0 fully saturated rings. The van der Waals surface area contributed by atoms with Gasteiger partial charge in [0.15, 0.2) is 5.44 Å². The number of rotatable bonds is 6. The summed E-state index contributed by atoms with van der Waals surface area (Å²) in [5.41, 5.74) is -1.42. The first-order valence-corrected chi connectivity index (χ1v) is 5.49. The lowest BCUT2D eigenvalue weighted by atomic mass is 10.4. The zero-order chi connectivity index (χ0) is 10.5. The third kappa shape index (κ3) is 5.95. The summed E-state index contributed by atoms with van der Waals surface area (Å²) in [5, 5.41) is 0. The van der Waals surface area contributed by atoms with Gasteiger partial charge < -0.3 is 9.47 Å². The molecule has 0 rings (SSSR count). The van der Waals surface area contributed by atoms with Crippen molar-refractivity contribution in [2.45, 2.75) is 32.3 Å². The van der Waals surface area contributed by atoms with Crippen molar-refractivity contribution in [3.8, 4) is 0 Å². The van der Waals surface area contributed by atoms with Gasteiger partial charge >= 0.3 is 10.2 Å². The van der Waals surface area contributed by atoms with E-state index in [0.717, 1.165) is 6.92 Å². The summed E-state index contributed by atoms with van der Waals surface area (Å²) in [4.78, 5) is 0. The molecule has 0 aliphatic carbocycles. The fraction of sp³-hybridized carbons (Fsp3) is 1.00. The van der Waals surface area contributed by atoms with Crippen molar-refractivity contribution >= 4 is 10.2 Å². The summed E-state index contributed by atoms with van der Waals surface area (Å²) in [7, 11) is -4.59. The van der Waals surface area contributed by atoms with Gasteiger partial charge in [-0.05, 0) is 20.8 Å². The third-order valence-corrected chi connectivity index (χ3v) is 2.34. The Balaban J connectivity index is 3.77. The molecule has 2 atom stereocenters. The van der Waals surface area contributed by atoms with E-state index in [2.05, 4.69) is 0 Å². The Labute approximate surface area is 78.2 Å². The molecule has 0 saturated carbocycles.